The van der Waals surface area contributed by atoms with Gasteiger partial charge < -0.3 is 5.32 Å². The molecule has 108 valence electrons. The van der Waals surface area contributed by atoms with Gasteiger partial charge in [0.15, 0.2) is 0 Å². The van der Waals surface area contributed by atoms with Crippen molar-refractivity contribution < 1.29 is 4.79 Å². The highest BCUT2D eigenvalue weighted by Crippen LogP contribution is 2.26. The van der Waals surface area contributed by atoms with Crippen molar-refractivity contribution in [3.63, 3.8) is 0 Å². The number of benzene rings is 1. The van der Waals surface area contributed by atoms with Gasteiger partial charge in [0, 0.05) is 18.0 Å². The molecule has 0 fully saturated rings. The van der Waals surface area contributed by atoms with Crippen LogP contribution in [0.1, 0.15) is 10.4 Å². The van der Waals surface area contributed by atoms with Crippen molar-refractivity contribution in [3.05, 3.63) is 77.7 Å². The van der Waals surface area contributed by atoms with Gasteiger partial charge in [0.2, 0.25) is 0 Å². The van der Waals surface area contributed by atoms with E-state index < -0.39 is 0 Å². The van der Waals surface area contributed by atoms with Crippen molar-refractivity contribution in [1.29, 1.82) is 0 Å². The topological polar surface area (TPSA) is 54.9 Å². The summed E-state index contributed by atoms with van der Waals surface area (Å²) in [6.07, 6.45) is 3.26. The van der Waals surface area contributed by atoms with E-state index in [2.05, 4.69) is 15.3 Å². The summed E-state index contributed by atoms with van der Waals surface area (Å²) in [5.74, 6) is -0.304. The first-order chi connectivity index (χ1) is 10.8. The van der Waals surface area contributed by atoms with Gasteiger partial charge >= 0.3 is 0 Å². The predicted molar refractivity (Wildman–Crippen MR) is 86.9 cm³/mol. The Balaban J connectivity index is 1.94. The maximum atomic E-state index is 12.4. The number of amides is 1. The maximum absolute atomic E-state index is 12.4. The predicted octanol–water partition coefficient (Wildman–Crippen LogP) is 4.05. The molecule has 2 heterocycles. The lowest BCUT2D eigenvalue weighted by atomic mass is 10.1. The minimum Gasteiger partial charge on any atom is -0.321 e. The van der Waals surface area contributed by atoms with Gasteiger partial charge in [-0.15, -0.1) is 0 Å². The van der Waals surface area contributed by atoms with Gasteiger partial charge in [0.25, 0.3) is 5.91 Å². The summed E-state index contributed by atoms with van der Waals surface area (Å²) in [7, 11) is 0. The molecule has 2 aromatic heterocycles. The first-order valence-corrected chi connectivity index (χ1v) is 7.06. The second-order valence-electron chi connectivity index (χ2n) is 4.56. The molecule has 0 aliphatic rings. The van der Waals surface area contributed by atoms with E-state index in [4.69, 9.17) is 11.6 Å². The highest BCUT2D eigenvalue weighted by atomic mass is 35.5. The van der Waals surface area contributed by atoms with Crippen LogP contribution in [0.5, 0.6) is 0 Å². The quantitative estimate of drug-likeness (QED) is 0.743. The van der Waals surface area contributed by atoms with Gasteiger partial charge in [-0.3, -0.25) is 9.78 Å². The molecule has 0 radical (unpaired) electrons. The fourth-order valence-corrected chi connectivity index (χ4v) is 2.29. The van der Waals surface area contributed by atoms with Gasteiger partial charge in [0.1, 0.15) is 5.15 Å². The molecule has 4 nitrogen and oxygen atoms in total. The maximum Gasteiger partial charge on any atom is 0.258 e. The number of nitrogens with zero attached hydrogens (tertiary/aromatic N) is 2. The Bertz CT molecular complexity index is 806. The molecule has 3 aromatic rings. The number of hydrogen-bond donors (Lipinski definition) is 1. The molecule has 0 unspecified atom stereocenters. The molecular formula is C17H12ClN3O. The third-order valence-electron chi connectivity index (χ3n) is 3.12. The number of aromatic nitrogens is 2. The molecule has 0 aliphatic heterocycles. The van der Waals surface area contributed by atoms with Crippen LogP contribution in [-0.4, -0.2) is 15.9 Å². The molecule has 0 aliphatic carbocycles. The minimum atomic E-state index is -0.304. The van der Waals surface area contributed by atoms with Crippen LogP contribution in [-0.2, 0) is 0 Å². The molecule has 0 bridgehead atoms. The average Bonchev–Trinajstić information content (AvgIpc) is 2.56. The Kier molecular flexibility index (Phi) is 4.12. The second kappa shape index (κ2) is 6.37. The Morgan fingerprint density at radius 3 is 2.45 bits per heavy atom. The zero-order chi connectivity index (χ0) is 15.4. The number of rotatable bonds is 3. The summed E-state index contributed by atoms with van der Waals surface area (Å²) in [5.41, 5.74) is 2.64. The van der Waals surface area contributed by atoms with E-state index >= 15 is 0 Å². The highest BCUT2D eigenvalue weighted by Gasteiger charge is 2.13. The number of carbonyl (C=O) groups is 1. The zero-order valence-corrected chi connectivity index (χ0v) is 12.3. The van der Waals surface area contributed by atoms with Crippen molar-refractivity contribution in [2.45, 2.75) is 0 Å². The average molecular weight is 310 g/mol. The van der Waals surface area contributed by atoms with Crippen LogP contribution in [0.2, 0.25) is 5.15 Å². The third kappa shape index (κ3) is 2.97. The van der Waals surface area contributed by atoms with Crippen LogP contribution in [0.15, 0.2) is 67.0 Å². The smallest absolute Gasteiger partial charge is 0.258 e. The van der Waals surface area contributed by atoms with Crippen LogP contribution in [0, 0.1) is 0 Å². The molecule has 1 amide bonds. The molecule has 3 rings (SSSR count). The second-order valence-corrected chi connectivity index (χ2v) is 4.91. The van der Waals surface area contributed by atoms with E-state index in [0.717, 1.165) is 11.3 Å². The standard InChI is InChI=1S/C17H12ClN3O/c18-16-13(7-5-11-20-16)17(22)21-15-9-2-1-6-12(15)14-8-3-4-10-19-14/h1-11H,(H,21,22). The zero-order valence-electron chi connectivity index (χ0n) is 11.5. The van der Waals surface area contributed by atoms with E-state index in [1.54, 1.807) is 24.5 Å². The van der Waals surface area contributed by atoms with E-state index in [0.29, 0.717) is 11.3 Å². The van der Waals surface area contributed by atoms with E-state index in [1.807, 2.05) is 42.5 Å². The minimum absolute atomic E-state index is 0.176. The van der Waals surface area contributed by atoms with Crippen molar-refractivity contribution >= 4 is 23.2 Å². The number of hydrogen-bond acceptors (Lipinski definition) is 3. The van der Waals surface area contributed by atoms with Crippen molar-refractivity contribution in [2.24, 2.45) is 0 Å². The fourth-order valence-electron chi connectivity index (χ4n) is 2.08. The first kappa shape index (κ1) is 14.2. The molecule has 0 saturated carbocycles. The number of pyridine rings is 2. The van der Waals surface area contributed by atoms with E-state index in [1.165, 1.54) is 0 Å². The summed E-state index contributed by atoms with van der Waals surface area (Å²) >= 11 is 5.96. The molecule has 1 aromatic carbocycles. The van der Waals surface area contributed by atoms with E-state index in [-0.39, 0.29) is 11.1 Å². The first-order valence-electron chi connectivity index (χ1n) is 6.68. The van der Waals surface area contributed by atoms with Gasteiger partial charge in [-0.1, -0.05) is 35.9 Å². The molecule has 5 heteroatoms. The molecule has 0 atom stereocenters. The van der Waals surface area contributed by atoms with Crippen LogP contribution >= 0.6 is 11.6 Å². The van der Waals surface area contributed by atoms with Gasteiger partial charge in [-0.25, -0.2) is 4.98 Å². The van der Waals surface area contributed by atoms with Gasteiger partial charge in [0.05, 0.1) is 16.9 Å². The van der Waals surface area contributed by atoms with Crippen LogP contribution in [0.3, 0.4) is 0 Å². The fraction of sp³-hybridized carbons (Fsp3) is 0. The normalized spacial score (nSPS) is 10.2. The van der Waals surface area contributed by atoms with Gasteiger partial charge in [-0.2, -0.15) is 0 Å². The molecule has 0 saturated heterocycles. The summed E-state index contributed by atoms with van der Waals surface area (Å²) in [6.45, 7) is 0. The van der Waals surface area contributed by atoms with Crippen LogP contribution in [0.25, 0.3) is 11.3 Å². The van der Waals surface area contributed by atoms with E-state index in [9.17, 15) is 4.79 Å². The Labute approximate surface area is 132 Å². The summed E-state index contributed by atoms with van der Waals surface area (Å²) in [6, 6.07) is 16.4. The summed E-state index contributed by atoms with van der Waals surface area (Å²) < 4.78 is 0. The van der Waals surface area contributed by atoms with Crippen molar-refractivity contribution in [2.75, 3.05) is 5.32 Å². The Morgan fingerprint density at radius 2 is 1.68 bits per heavy atom. The number of para-hydroxylation sites is 1. The van der Waals surface area contributed by atoms with Crippen LogP contribution < -0.4 is 5.32 Å². The number of halogens is 1. The highest BCUT2D eigenvalue weighted by molar-refractivity contribution is 6.33. The molecular weight excluding hydrogens is 298 g/mol. The molecule has 22 heavy (non-hydrogen) atoms. The molecule has 0 spiro atoms. The Morgan fingerprint density at radius 1 is 0.909 bits per heavy atom. The number of carbonyl (C=O) groups excluding carboxylic acids is 1. The van der Waals surface area contributed by atoms with Gasteiger partial charge in [-0.05, 0) is 30.3 Å². The SMILES string of the molecule is O=C(Nc1ccccc1-c1ccccn1)c1cccnc1Cl. The van der Waals surface area contributed by atoms with Crippen molar-refractivity contribution in [3.8, 4) is 11.3 Å². The number of anilines is 1. The monoisotopic (exact) mass is 309 g/mol. The van der Waals surface area contributed by atoms with Crippen molar-refractivity contribution in [1.82, 2.24) is 9.97 Å². The summed E-state index contributed by atoms with van der Waals surface area (Å²) in [5, 5.41) is 3.04. The summed E-state index contributed by atoms with van der Waals surface area (Å²) in [4.78, 5) is 20.6. The third-order valence-corrected chi connectivity index (χ3v) is 3.42. The lowest BCUT2D eigenvalue weighted by molar-refractivity contribution is 0.102. The molecule has 1 N–H and O–H groups in total. The Hall–Kier alpha value is -2.72. The lowest BCUT2D eigenvalue weighted by Gasteiger charge is -2.11. The number of nitrogens with one attached hydrogen (secondary N) is 1. The largest absolute Gasteiger partial charge is 0.321 e. The van der Waals surface area contributed by atoms with Crippen LogP contribution in [0.4, 0.5) is 5.69 Å². The lowest BCUT2D eigenvalue weighted by Crippen LogP contribution is -2.13.